The largest absolute Gasteiger partial charge is 0.377 e. The highest BCUT2D eigenvalue weighted by Gasteiger charge is 2.26. The molecule has 0 spiro atoms. The van der Waals surface area contributed by atoms with Crippen molar-refractivity contribution in [1.29, 1.82) is 0 Å². The smallest absolute Gasteiger partial charge is 0.0728 e. The SMILES string of the molecule is CC(C1CCCO1)N1CCCNCCC1. The van der Waals surface area contributed by atoms with E-state index >= 15 is 0 Å². The van der Waals surface area contributed by atoms with Crippen LogP contribution in [0.5, 0.6) is 0 Å². The monoisotopic (exact) mass is 212 g/mol. The third kappa shape index (κ3) is 3.16. The Morgan fingerprint density at radius 2 is 1.93 bits per heavy atom. The fourth-order valence-electron chi connectivity index (χ4n) is 2.68. The van der Waals surface area contributed by atoms with Gasteiger partial charge in [0.25, 0.3) is 0 Å². The van der Waals surface area contributed by atoms with Gasteiger partial charge < -0.3 is 10.1 Å². The van der Waals surface area contributed by atoms with Crippen LogP contribution in [-0.2, 0) is 4.74 Å². The van der Waals surface area contributed by atoms with Gasteiger partial charge >= 0.3 is 0 Å². The summed E-state index contributed by atoms with van der Waals surface area (Å²) in [7, 11) is 0. The van der Waals surface area contributed by atoms with Gasteiger partial charge in [-0.3, -0.25) is 4.90 Å². The number of ether oxygens (including phenoxy) is 1. The number of nitrogens with one attached hydrogen (secondary N) is 1. The molecule has 3 nitrogen and oxygen atoms in total. The van der Waals surface area contributed by atoms with Crippen molar-refractivity contribution in [2.24, 2.45) is 0 Å². The summed E-state index contributed by atoms with van der Waals surface area (Å²) in [4.78, 5) is 2.62. The minimum Gasteiger partial charge on any atom is -0.377 e. The van der Waals surface area contributed by atoms with Crippen LogP contribution in [0.2, 0.25) is 0 Å². The lowest BCUT2D eigenvalue weighted by atomic mass is 10.1. The summed E-state index contributed by atoms with van der Waals surface area (Å²) in [6, 6.07) is 0.616. The molecule has 1 N–H and O–H groups in total. The zero-order valence-corrected chi connectivity index (χ0v) is 9.87. The van der Waals surface area contributed by atoms with Crippen molar-refractivity contribution in [2.75, 3.05) is 32.8 Å². The van der Waals surface area contributed by atoms with Gasteiger partial charge in [-0.1, -0.05) is 0 Å². The number of hydrogen-bond acceptors (Lipinski definition) is 3. The van der Waals surface area contributed by atoms with E-state index in [1.165, 1.54) is 51.9 Å². The highest BCUT2D eigenvalue weighted by Crippen LogP contribution is 2.20. The predicted molar refractivity (Wildman–Crippen MR) is 62.1 cm³/mol. The second-order valence-electron chi connectivity index (χ2n) is 4.79. The molecule has 0 bridgehead atoms. The average Bonchev–Trinajstić information content (AvgIpc) is 2.68. The lowest BCUT2D eigenvalue weighted by Gasteiger charge is -2.33. The summed E-state index contributed by atoms with van der Waals surface area (Å²) < 4.78 is 5.78. The van der Waals surface area contributed by atoms with Gasteiger partial charge in [-0.05, 0) is 58.8 Å². The Labute approximate surface area is 93.2 Å². The van der Waals surface area contributed by atoms with E-state index in [-0.39, 0.29) is 0 Å². The van der Waals surface area contributed by atoms with E-state index in [1.807, 2.05) is 0 Å². The quantitative estimate of drug-likeness (QED) is 0.745. The zero-order valence-electron chi connectivity index (χ0n) is 9.87. The molecule has 2 rings (SSSR count). The van der Waals surface area contributed by atoms with Gasteiger partial charge in [-0.25, -0.2) is 0 Å². The van der Waals surface area contributed by atoms with E-state index < -0.39 is 0 Å². The van der Waals surface area contributed by atoms with E-state index in [4.69, 9.17) is 4.74 Å². The molecule has 2 aliphatic heterocycles. The maximum atomic E-state index is 5.78. The molecular formula is C12H24N2O. The summed E-state index contributed by atoms with van der Waals surface area (Å²) in [5.41, 5.74) is 0. The van der Waals surface area contributed by atoms with E-state index in [0.717, 1.165) is 6.61 Å². The van der Waals surface area contributed by atoms with Crippen LogP contribution in [0.15, 0.2) is 0 Å². The minimum absolute atomic E-state index is 0.498. The van der Waals surface area contributed by atoms with Crippen LogP contribution in [0.1, 0.15) is 32.6 Å². The Morgan fingerprint density at radius 1 is 1.20 bits per heavy atom. The zero-order chi connectivity index (χ0) is 10.5. The number of nitrogens with zero attached hydrogens (tertiary/aromatic N) is 1. The topological polar surface area (TPSA) is 24.5 Å². The van der Waals surface area contributed by atoms with Gasteiger partial charge in [0.15, 0.2) is 0 Å². The molecule has 3 heteroatoms. The summed E-state index contributed by atoms with van der Waals surface area (Å²) in [6.07, 6.45) is 5.56. The molecule has 2 unspecified atom stereocenters. The number of rotatable bonds is 2. The standard InChI is InChI=1S/C12H24N2O/c1-11(12-5-2-10-15-12)14-8-3-6-13-7-4-9-14/h11-13H,2-10H2,1H3. The summed E-state index contributed by atoms with van der Waals surface area (Å²) in [5, 5.41) is 3.46. The molecule has 2 heterocycles. The lowest BCUT2D eigenvalue weighted by Crippen LogP contribution is -2.44. The summed E-state index contributed by atoms with van der Waals surface area (Å²) in [5.74, 6) is 0. The highest BCUT2D eigenvalue weighted by molar-refractivity contribution is 4.80. The third-order valence-corrected chi connectivity index (χ3v) is 3.68. The minimum atomic E-state index is 0.498. The van der Waals surface area contributed by atoms with Gasteiger partial charge in [0, 0.05) is 12.6 Å². The molecule has 0 aromatic heterocycles. The Balaban J connectivity index is 1.82. The molecule has 2 aliphatic rings. The molecule has 0 aromatic carbocycles. The Morgan fingerprint density at radius 3 is 2.53 bits per heavy atom. The Bertz CT molecular complexity index is 172. The summed E-state index contributed by atoms with van der Waals surface area (Å²) in [6.45, 7) is 8.13. The first kappa shape index (κ1) is 11.4. The molecule has 88 valence electrons. The van der Waals surface area contributed by atoms with Gasteiger partial charge in [0.05, 0.1) is 6.10 Å². The van der Waals surface area contributed by atoms with Crippen LogP contribution in [0.4, 0.5) is 0 Å². The summed E-state index contributed by atoms with van der Waals surface area (Å²) >= 11 is 0. The first-order valence-electron chi connectivity index (χ1n) is 6.44. The van der Waals surface area contributed by atoms with Crippen LogP contribution in [0, 0.1) is 0 Å². The van der Waals surface area contributed by atoms with Crippen LogP contribution >= 0.6 is 0 Å². The Hall–Kier alpha value is -0.120. The van der Waals surface area contributed by atoms with E-state index in [9.17, 15) is 0 Å². The lowest BCUT2D eigenvalue weighted by molar-refractivity contribution is 0.0290. The van der Waals surface area contributed by atoms with Crippen LogP contribution in [0.3, 0.4) is 0 Å². The third-order valence-electron chi connectivity index (χ3n) is 3.68. The molecule has 0 amide bonds. The van der Waals surface area contributed by atoms with Crippen molar-refractivity contribution in [1.82, 2.24) is 10.2 Å². The van der Waals surface area contributed by atoms with Crippen molar-refractivity contribution in [3.8, 4) is 0 Å². The Kier molecular flexibility index (Phi) is 4.42. The molecule has 2 fully saturated rings. The second kappa shape index (κ2) is 5.83. The second-order valence-corrected chi connectivity index (χ2v) is 4.79. The van der Waals surface area contributed by atoms with Crippen LogP contribution in [0.25, 0.3) is 0 Å². The molecule has 0 radical (unpaired) electrons. The van der Waals surface area contributed by atoms with E-state index in [1.54, 1.807) is 0 Å². The van der Waals surface area contributed by atoms with Crippen LogP contribution < -0.4 is 5.32 Å². The maximum Gasteiger partial charge on any atom is 0.0728 e. The predicted octanol–water partition coefficient (Wildman–Crippen LogP) is 1.24. The maximum absolute atomic E-state index is 5.78. The van der Waals surface area contributed by atoms with Crippen LogP contribution in [-0.4, -0.2) is 49.8 Å². The number of hydrogen-bond donors (Lipinski definition) is 1. The first-order chi connectivity index (χ1) is 7.38. The molecule has 0 saturated carbocycles. The van der Waals surface area contributed by atoms with Crippen molar-refractivity contribution in [3.63, 3.8) is 0 Å². The molecule has 15 heavy (non-hydrogen) atoms. The fraction of sp³-hybridized carbons (Fsp3) is 1.00. The molecule has 2 atom stereocenters. The highest BCUT2D eigenvalue weighted by atomic mass is 16.5. The average molecular weight is 212 g/mol. The van der Waals surface area contributed by atoms with Gasteiger partial charge in [0.1, 0.15) is 0 Å². The van der Waals surface area contributed by atoms with E-state index in [0.29, 0.717) is 12.1 Å². The van der Waals surface area contributed by atoms with Crippen molar-refractivity contribution < 1.29 is 4.74 Å². The van der Waals surface area contributed by atoms with Gasteiger partial charge in [-0.2, -0.15) is 0 Å². The van der Waals surface area contributed by atoms with Crippen molar-refractivity contribution in [2.45, 2.75) is 44.8 Å². The molecule has 0 aliphatic carbocycles. The van der Waals surface area contributed by atoms with Gasteiger partial charge in [-0.15, -0.1) is 0 Å². The normalized spacial score (nSPS) is 32.2. The van der Waals surface area contributed by atoms with Gasteiger partial charge in [0.2, 0.25) is 0 Å². The molecular weight excluding hydrogens is 188 g/mol. The fourth-order valence-corrected chi connectivity index (χ4v) is 2.68. The first-order valence-corrected chi connectivity index (χ1v) is 6.44. The molecule has 0 aromatic rings. The van der Waals surface area contributed by atoms with Crippen molar-refractivity contribution >= 4 is 0 Å². The van der Waals surface area contributed by atoms with Crippen molar-refractivity contribution in [3.05, 3.63) is 0 Å². The van der Waals surface area contributed by atoms with E-state index in [2.05, 4.69) is 17.1 Å². The molecule has 2 saturated heterocycles.